The lowest BCUT2D eigenvalue weighted by Gasteiger charge is -2.26. The number of benzene rings is 4. The first kappa shape index (κ1) is 22.9. The van der Waals surface area contributed by atoms with Crippen LogP contribution in [0.3, 0.4) is 0 Å². The summed E-state index contributed by atoms with van der Waals surface area (Å²) >= 11 is 6.19. The highest BCUT2D eigenvalue weighted by Crippen LogP contribution is 2.43. The molecule has 4 aromatic carbocycles. The van der Waals surface area contributed by atoms with E-state index in [0.29, 0.717) is 44.5 Å². The van der Waals surface area contributed by atoms with Gasteiger partial charge in [-0.3, -0.25) is 14.5 Å². The number of hydrogen-bond donors (Lipinski definition) is 0. The summed E-state index contributed by atoms with van der Waals surface area (Å²) in [6.07, 6.45) is 0. The molecule has 1 amide bonds. The molecule has 0 spiro atoms. The van der Waals surface area contributed by atoms with Gasteiger partial charge in [-0.25, -0.2) is 0 Å². The van der Waals surface area contributed by atoms with Gasteiger partial charge in [0.1, 0.15) is 22.8 Å². The Morgan fingerprint density at radius 2 is 1.57 bits per heavy atom. The number of para-hydroxylation sites is 1. The Morgan fingerprint density at radius 3 is 2.38 bits per heavy atom. The van der Waals surface area contributed by atoms with Crippen LogP contribution in [0.5, 0.6) is 17.2 Å². The van der Waals surface area contributed by atoms with E-state index in [1.54, 1.807) is 54.5 Å². The van der Waals surface area contributed by atoms with Gasteiger partial charge in [0.25, 0.3) is 5.91 Å². The number of fused-ring (bicyclic) bond motifs is 2. The van der Waals surface area contributed by atoms with Crippen molar-refractivity contribution in [3.05, 3.63) is 129 Å². The van der Waals surface area contributed by atoms with Gasteiger partial charge in [0, 0.05) is 16.8 Å². The van der Waals surface area contributed by atoms with Crippen molar-refractivity contribution >= 4 is 34.2 Å². The first-order valence-corrected chi connectivity index (χ1v) is 12.0. The van der Waals surface area contributed by atoms with Crippen molar-refractivity contribution in [2.24, 2.45) is 0 Å². The van der Waals surface area contributed by atoms with Gasteiger partial charge < -0.3 is 13.9 Å². The van der Waals surface area contributed by atoms with Crippen LogP contribution >= 0.6 is 11.6 Å². The van der Waals surface area contributed by atoms with Crippen LogP contribution in [-0.2, 0) is 0 Å². The maximum atomic E-state index is 13.8. The molecule has 1 unspecified atom stereocenters. The molecule has 0 saturated carbocycles. The standard InChI is InChI=1S/C30H20ClNO5/c1-35-22-11-6-8-20(17-22)32-27(18-7-5-12-23(15-18)36-21-9-3-2-4-10-21)26-28(33)24-16-19(31)13-14-25(24)37-29(26)30(32)34/h2-17,27H,1H3. The molecule has 2 heterocycles. The molecule has 0 fully saturated rings. The molecule has 182 valence electrons. The third kappa shape index (κ3) is 4.01. The van der Waals surface area contributed by atoms with Gasteiger partial charge in [-0.1, -0.05) is 48.0 Å². The molecular formula is C30H20ClNO5. The van der Waals surface area contributed by atoms with E-state index in [0.717, 1.165) is 0 Å². The molecule has 0 saturated heterocycles. The zero-order chi connectivity index (χ0) is 25.5. The molecule has 0 radical (unpaired) electrons. The van der Waals surface area contributed by atoms with Gasteiger partial charge in [0.05, 0.1) is 24.1 Å². The number of anilines is 1. The Hall–Kier alpha value is -4.55. The summed E-state index contributed by atoms with van der Waals surface area (Å²) in [6, 6.07) is 27.9. The van der Waals surface area contributed by atoms with Crippen molar-refractivity contribution in [3.63, 3.8) is 0 Å². The van der Waals surface area contributed by atoms with E-state index in [1.165, 1.54) is 0 Å². The summed E-state index contributed by atoms with van der Waals surface area (Å²) in [5.41, 5.74) is 1.50. The largest absolute Gasteiger partial charge is 0.497 e. The number of amides is 1. The van der Waals surface area contributed by atoms with E-state index < -0.39 is 11.9 Å². The first-order chi connectivity index (χ1) is 18.0. The fourth-order valence-corrected chi connectivity index (χ4v) is 4.83. The number of carbonyl (C=O) groups is 1. The Bertz CT molecular complexity index is 1710. The SMILES string of the molecule is COc1cccc(N2C(=O)c3oc4ccc(Cl)cc4c(=O)c3C2c2cccc(Oc3ccccc3)c2)c1. The second kappa shape index (κ2) is 9.15. The summed E-state index contributed by atoms with van der Waals surface area (Å²) < 4.78 is 17.5. The average molecular weight is 510 g/mol. The molecule has 5 aromatic rings. The zero-order valence-corrected chi connectivity index (χ0v) is 20.4. The van der Waals surface area contributed by atoms with E-state index in [2.05, 4.69) is 0 Å². The fourth-order valence-electron chi connectivity index (χ4n) is 4.66. The van der Waals surface area contributed by atoms with Gasteiger partial charge in [0.2, 0.25) is 5.76 Å². The topological polar surface area (TPSA) is 69.0 Å². The maximum absolute atomic E-state index is 13.8. The minimum Gasteiger partial charge on any atom is -0.497 e. The molecule has 7 heteroatoms. The van der Waals surface area contributed by atoms with E-state index >= 15 is 0 Å². The first-order valence-electron chi connectivity index (χ1n) is 11.6. The molecule has 1 aliphatic heterocycles. The van der Waals surface area contributed by atoms with Crippen molar-refractivity contribution < 1.29 is 18.7 Å². The second-order valence-electron chi connectivity index (χ2n) is 8.58. The molecule has 0 bridgehead atoms. The average Bonchev–Trinajstić information content (AvgIpc) is 3.22. The molecule has 6 rings (SSSR count). The van der Waals surface area contributed by atoms with Crippen LogP contribution in [0.1, 0.15) is 27.7 Å². The smallest absolute Gasteiger partial charge is 0.295 e. The van der Waals surface area contributed by atoms with Gasteiger partial charge in [-0.15, -0.1) is 0 Å². The van der Waals surface area contributed by atoms with E-state index in [4.69, 9.17) is 25.5 Å². The van der Waals surface area contributed by atoms with E-state index in [9.17, 15) is 9.59 Å². The summed E-state index contributed by atoms with van der Waals surface area (Å²) in [4.78, 5) is 29.2. The van der Waals surface area contributed by atoms with Crippen molar-refractivity contribution in [2.75, 3.05) is 12.0 Å². The fraction of sp³-hybridized carbons (Fsp3) is 0.0667. The Balaban J connectivity index is 1.56. The molecule has 6 nitrogen and oxygen atoms in total. The van der Waals surface area contributed by atoms with Crippen molar-refractivity contribution in [1.29, 1.82) is 0 Å². The highest BCUT2D eigenvalue weighted by molar-refractivity contribution is 6.31. The lowest BCUT2D eigenvalue weighted by molar-refractivity contribution is 0.0971. The third-order valence-corrected chi connectivity index (χ3v) is 6.55. The van der Waals surface area contributed by atoms with Gasteiger partial charge in [-0.05, 0) is 60.2 Å². The molecule has 37 heavy (non-hydrogen) atoms. The molecule has 1 aliphatic rings. The minimum atomic E-state index is -0.756. The van der Waals surface area contributed by atoms with E-state index in [1.807, 2.05) is 54.6 Å². The summed E-state index contributed by atoms with van der Waals surface area (Å²) in [6.45, 7) is 0. The number of methoxy groups -OCH3 is 1. The lowest BCUT2D eigenvalue weighted by atomic mass is 9.98. The van der Waals surface area contributed by atoms with Crippen molar-refractivity contribution in [2.45, 2.75) is 6.04 Å². The number of halogens is 1. The number of hydrogen-bond acceptors (Lipinski definition) is 5. The number of carbonyl (C=O) groups excluding carboxylic acids is 1. The second-order valence-corrected chi connectivity index (χ2v) is 9.02. The highest BCUT2D eigenvalue weighted by Gasteiger charge is 2.44. The van der Waals surface area contributed by atoms with Crippen LogP contribution in [0.2, 0.25) is 5.02 Å². The Labute approximate surface area is 217 Å². The number of ether oxygens (including phenoxy) is 2. The van der Waals surface area contributed by atoms with Crippen LogP contribution in [0.4, 0.5) is 5.69 Å². The molecule has 0 N–H and O–H groups in total. The monoisotopic (exact) mass is 509 g/mol. The lowest BCUT2D eigenvalue weighted by Crippen LogP contribution is -2.29. The van der Waals surface area contributed by atoms with Crippen LogP contribution in [0.25, 0.3) is 11.0 Å². The Morgan fingerprint density at radius 1 is 0.811 bits per heavy atom. The van der Waals surface area contributed by atoms with Crippen LogP contribution in [0.15, 0.2) is 106 Å². The molecule has 1 aromatic heterocycles. The van der Waals surface area contributed by atoms with E-state index in [-0.39, 0.29) is 16.8 Å². The zero-order valence-electron chi connectivity index (χ0n) is 19.7. The summed E-state index contributed by atoms with van der Waals surface area (Å²) in [5.74, 6) is 1.41. The molecular weight excluding hydrogens is 490 g/mol. The van der Waals surface area contributed by atoms with Crippen molar-refractivity contribution in [3.8, 4) is 17.2 Å². The highest BCUT2D eigenvalue weighted by atomic mass is 35.5. The summed E-state index contributed by atoms with van der Waals surface area (Å²) in [7, 11) is 1.56. The molecule has 0 aliphatic carbocycles. The number of nitrogens with zero attached hydrogens (tertiary/aromatic N) is 1. The van der Waals surface area contributed by atoms with Crippen LogP contribution in [-0.4, -0.2) is 13.0 Å². The van der Waals surface area contributed by atoms with Gasteiger partial charge >= 0.3 is 0 Å². The summed E-state index contributed by atoms with van der Waals surface area (Å²) in [5, 5.41) is 0.719. The minimum absolute atomic E-state index is 0.00187. The van der Waals surface area contributed by atoms with Gasteiger partial charge in [0.15, 0.2) is 5.43 Å². The van der Waals surface area contributed by atoms with Crippen LogP contribution < -0.4 is 19.8 Å². The quantitative estimate of drug-likeness (QED) is 0.255. The van der Waals surface area contributed by atoms with Crippen LogP contribution in [0, 0.1) is 0 Å². The number of rotatable bonds is 5. The van der Waals surface area contributed by atoms with Crippen molar-refractivity contribution in [1.82, 2.24) is 0 Å². The Kier molecular flexibility index (Phi) is 5.66. The maximum Gasteiger partial charge on any atom is 0.295 e. The normalized spacial score (nSPS) is 14.6. The predicted molar refractivity (Wildman–Crippen MR) is 142 cm³/mol. The predicted octanol–water partition coefficient (Wildman–Crippen LogP) is 7.00. The third-order valence-electron chi connectivity index (χ3n) is 6.32. The van der Waals surface area contributed by atoms with Gasteiger partial charge in [-0.2, -0.15) is 0 Å². The molecule has 1 atom stereocenters.